The minimum absolute atomic E-state index is 0.167. The third-order valence-electron chi connectivity index (χ3n) is 0.761. The van der Waals surface area contributed by atoms with Crippen LogP contribution in [-0.2, 0) is 14.3 Å². The first-order valence-electron chi connectivity index (χ1n) is 3.10. The van der Waals surface area contributed by atoms with Crippen molar-refractivity contribution in [3.63, 3.8) is 0 Å². The number of carbonyl (C=O) groups excluding carboxylic acids is 2. The number of aliphatic hydroxyl groups excluding tert-OH is 1. The van der Waals surface area contributed by atoms with Crippen LogP contribution in [0.25, 0.3) is 0 Å². The van der Waals surface area contributed by atoms with Gasteiger partial charge in [-0.3, -0.25) is 9.59 Å². The summed E-state index contributed by atoms with van der Waals surface area (Å²) in [5, 5.41) is 7.86. The monoisotopic (exact) mass is 158 g/mol. The van der Waals surface area contributed by atoms with E-state index in [0.717, 1.165) is 0 Å². The zero-order valence-corrected chi connectivity index (χ0v) is 6.29. The molecule has 62 valence electrons. The molecule has 1 saturated heterocycles. The van der Waals surface area contributed by atoms with E-state index in [9.17, 15) is 9.59 Å². The Hall–Kier alpha value is -1.32. The minimum atomic E-state index is -0.398. The van der Waals surface area contributed by atoms with E-state index in [4.69, 9.17) is 5.11 Å². The summed E-state index contributed by atoms with van der Waals surface area (Å²) >= 11 is 0. The highest BCUT2D eigenvalue weighted by Crippen LogP contribution is 2.03. The van der Waals surface area contributed by atoms with Gasteiger partial charge >= 0.3 is 11.9 Å². The van der Waals surface area contributed by atoms with Crippen molar-refractivity contribution < 1.29 is 19.4 Å². The molecule has 0 aromatic carbocycles. The summed E-state index contributed by atoms with van der Waals surface area (Å²) in [4.78, 5) is 20.0. The molecule has 0 spiro atoms. The van der Waals surface area contributed by atoms with E-state index in [1.54, 1.807) is 0 Å². The first-order chi connectivity index (χ1) is 5.02. The number of esters is 2. The van der Waals surface area contributed by atoms with Gasteiger partial charge in [-0.25, -0.2) is 0 Å². The first kappa shape index (κ1) is 9.68. The molecule has 0 aromatic heterocycles. The van der Waals surface area contributed by atoms with E-state index < -0.39 is 11.9 Å². The molecule has 0 aromatic rings. The van der Waals surface area contributed by atoms with Gasteiger partial charge in [0.2, 0.25) is 0 Å². The van der Waals surface area contributed by atoms with E-state index in [1.165, 1.54) is 6.92 Å². The number of hydrogen-bond donors (Lipinski definition) is 1. The molecule has 1 heterocycles. The Morgan fingerprint density at radius 1 is 1.45 bits per heavy atom. The van der Waals surface area contributed by atoms with Crippen LogP contribution in [0.15, 0.2) is 12.3 Å². The van der Waals surface area contributed by atoms with Crippen LogP contribution < -0.4 is 0 Å². The van der Waals surface area contributed by atoms with Crippen molar-refractivity contribution in [1.82, 2.24) is 0 Å². The lowest BCUT2D eigenvalue weighted by Crippen LogP contribution is -1.94. The summed E-state index contributed by atoms with van der Waals surface area (Å²) < 4.78 is 4.08. The van der Waals surface area contributed by atoms with Crippen molar-refractivity contribution in [1.29, 1.82) is 0 Å². The van der Waals surface area contributed by atoms with Gasteiger partial charge in [0.15, 0.2) is 0 Å². The number of ether oxygens (including phenoxy) is 1. The van der Waals surface area contributed by atoms with Crippen LogP contribution in [0.2, 0.25) is 0 Å². The number of allylic oxidation sites excluding steroid dienone is 1. The molecule has 1 N–H and O–H groups in total. The standard InChI is InChI=1S/C4H4O3.C3H6O/c5-3-1-2-4(6)7-3;1-3(2)4/h1-2H2;4H,1H2,2H3. The highest BCUT2D eigenvalue weighted by atomic mass is 16.6. The van der Waals surface area contributed by atoms with E-state index in [0.29, 0.717) is 0 Å². The van der Waals surface area contributed by atoms with Crippen molar-refractivity contribution in [3.05, 3.63) is 12.3 Å². The lowest BCUT2D eigenvalue weighted by atomic mass is 10.4. The fourth-order valence-electron chi connectivity index (χ4n) is 0.433. The summed E-state index contributed by atoms with van der Waals surface area (Å²) in [6.07, 6.45) is 0.525. The van der Waals surface area contributed by atoms with Gasteiger partial charge in [0.05, 0.1) is 18.6 Å². The third-order valence-corrected chi connectivity index (χ3v) is 0.761. The fraction of sp³-hybridized carbons (Fsp3) is 0.429. The van der Waals surface area contributed by atoms with Crippen LogP contribution in [-0.4, -0.2) is 17.0 Å². The van der Waals surface area contributed by atoms with Gasteiger partial charge in [0.25, 0.3) is 0 Å². The molecule has 11 heavy (non-hydrogen) atoms. The Labute approximate surface area is 64.5 Å². The van der Waals surface area contributed by atoms with Crippen LogP contribution in [0, 0.1) is 0 Å². The Bertz CT molecular complexity index is 165. The maximum atomic E-state index is 10.0. The molecule has 1 rings (SSSR count). The number of hydrogen-bond acceptors (Lipinski definition) is 4. The van der Waals surface area contributed by atoms with Crippen LogP contribution in [0.1, 0.15) is 19.8 Å². The Kier molecular flexibility index (Phi) is 3.95. The predicted molar refractivity (Wildman–Crippen MR) is 37.8 cm³/mol. The number of cyclic esters (lactones) is 2. The summed E-state index contributed by atoms with van der Waals surface area (Å²) in [7, 11) is 0. The minimum Gasteiger partial charge on any atom is -0.513 e. The molecule has 0 radical (unpaired) electrons. The van der Waals surface area contributed by atoms with Crippen LogP contribution in [0.5, 0.6) is 0 Å². The second kappa shape index (κ2) is 4.49. The molecule has 1 aliphatic heterocycles. The second-order valence-corrected chi connectivity index (χ2v) is 2.08. The summed E-state index contributed by atoms with van der Waals surface area (Å²) in [6.45, 7) is 4.64. The predicted octanol–water partition coefficient (Wildman–Crippen LogP) is 0.928. The molecule has 1 fully saturated rings. The summed E-state index contributed by atoms with van der Waals surface area (Å²) in [5.74, 6) is -0.630. The topological polar surface area (TPSA) is 63.6 Å². The molecule has 1 aliphatic rings. The Balaban J connectivity index is 0.000000218. The number of aliphatic hydroxyl groups is 1. The zero-order valence-electron chi connectivity index (χ0n) is 6.29. The van der Waals surface area contributed by atoms with E-state index >= 15 is 0 Å². The van der Waals surface area contributed by atoms with Crippen molar-refractivity contribution in [2.24, 2.45) is 0 Å². The van der Waals surface area contributed by atoms with E-state index in [-0.39, 0.29) is 18.6 Å². The van der Waals surface area contributed by atoms with Crippen molar-refractivity contribution >= 4 is 11.9 Å². The molecule has 0 unspecified atom stereocenters. The van der Waals surface area contributed by atoms with Gasteiger partial charge in [-0.05, 0) is 6.92 Å². The third kappa shape index (κ3) is 6.57. The van der Waals surface area contributed by atoms with Gasteiger partial charge in [0, 0.05) is 0 Å². The second-order valence-electron chi connectivity index (χ2n) is 2.08. The van der Waals surface area contributed by atoms with Crippen LogP contribution in [0.4, 0.5) is 0 Å². The van der Waals surface area contributed by atoms with Crippen LogP contribution in [0.3, 0.4) is 0 Å². The van der Waals surface area contributed by atoms with Gasteiger partial charge < -0.3 is 9.84 Å². The maximum Gasteiger partial charge on any atom is 0.314 e. The van der Waals surface area contributed by atoms with Crippen molar-refractivity contribution in [2.45, 2.75) is 19.8 Å². The van der Waals surface area contributed by atoms with Gasteiger partial charge in [0.1, 0.15) is 0 Å². The number of rotatable bonds is 0. The molecule has 0 atom stereocenters. The van der Waals surface area contributed by atoms with Crippen molar-refractivity contribution in [2.75, 3.05) is 0 Å². The first-order valence-corrected chi connectivity index (χ1v) is 3.10. The Morgan fingerprint density at radius 2 is 1.73 bits per heavy atom. The van der Waals surface area contributed by atoms with Gasteiger partial charge in [-0.1, -0.05) is 6.58 Å². The molecule has 0 saturated carbocycles. The lowest BCUT2D eigenvalue weighted by molar-refractivity contribution is -0.151. The largest absolute Gasteiger partial charge is 0.513 e. The molecule has 4 heteroatoms. The van der Waals surface area contributed by atoms with Crippen LogP contribution >= 0.6 is 0 Å². The highest BCUT2D eigenvalue weighted by Gasteiger charge is 2.19. The highest BCUT2D eigenvalue weighted by molar-refractivity contribution is 5.92. The molecule has 0 amide bonds. The summed E-state index contributed by atoms with van der Waals surface area (Å²) in [6, 6.07) is 0. The molecular formula is C7H10O4. The average Bonchev–Trinajstić information content (AvgIpc) is 2.13. The zero-order chi connectivity index (χ0) is 8.85. The fourth-order valence-corrected chi connectivity index (χ4v) is 0.433. The smallest absolute Gasteiger partial charge is 0.314 e. The van der Waals surface area contributed by atoms with E-state index in [2.05, 4.69) is 11.3 Å². The maximum absolute atomic E-state index is 10.0. The normalized spacial score (nSPS) is 15.0. The SMILES string of the molecule is C=C(C)O.O=C1CCC(=O)O1. The molecule has 4 nitrogen and oxygen atoms in total. The molecule has 0 bridgehead atoms. The van der Waals surface area contributed by atoms with Gasteiger partial charge in [-0.15, -0.1) is 0 Å². The van der Waals surface area contributed by atoms with Gasteiger partial charge in [-0.2, -0.15) is 0 Å². The van der Waals surface area contributed by atoms with Crippen molar-refractivity contribution in [3.8, 4) is 0 Å². The number of carbonyl (C=O) groups is 2. The molecule has 0 aliphatic carbocycles. The summed E-state index contributed by atoms with van der Waals surface area (Å²) in [5.41, 5.74) is 0. The average molecular weight is 158 g/mol. The Morgan fingerprint density at radius 3 is 1.82 bits per heavy atom. The lowest BCUT2D eigenvalue weighted by Gasteiger charge is -1.79. The molecular weight excluding hydrogens is 148 g/mol. The van der Waals surface area contributed by atoms with E-state index in [1.807, 2.05) is 0 Å². The quantitative estimate of drug-likeness (QED) is 0.323.